The molecule has 3 heterocycles. The molecule has 0 radical (unpaired) electrons. The molecule has 0 amide bonds. The van der Waals surface area contributed by atoms with Gasteiger partial charge in [-0.05, 0) is 161 Å². The van der Waals surface area contributed by atoms with Gasteiger partial charge in [-0.25, -0.2) is 0 Å². The van der Waals surface area contributed by atoms with Crippen LogP contribution >= 0.6 is 0 Å². The monoisotopic (exact) mass is 974 g/mol. The van der Waals surface area contributed by atoms with E-state index in [0.29, 0.717) is 5.95 Å². The third kappa shape index (κ3) is 8.41. The minimum atomic E-state index is -0.153. The lowest BCUT2D eigenvalue weighted by Gasteiger charge is -2.44. The van der Waals surface area contributed by atoms with Crippen molar-refractivity contribution in [3.63, 3.8) is 0 Å². The maximum Gasteiger partial charge on any atom is 0.256 e. The van der Waals surface area contributed by atoms with Gasteiger partial charge in [0.15, 0.2) is 0 Å². The van der Waals surface area contributed by atoms with Crippen molar-refractivity contribution in [2.75, 3.05) is 14.7 Å². The average Bonchev–Trinajstić information content (AvgIpc) is 3.38. The van der Waals surface area contributed by atoms with E-state index in [2.05, 4.69) is 271 Å². The molecule has 8 aromatic rings. The summed E-state index contributed by atoms with van der Waals surface area (Å²) in [6.45, 7) is 37.2. The first-order valence-corrected chi connectivity index (χ1v) is 27.2. The van der Waals surface area contributed by atoms with Crippen molar-refractivity contribution in [1.82, 2.24) is 9.97 Å². The number of anilines is 9. The van der Waals surface area contributed by atoms with Gasteiger partial charge in [0.1, 0.15) is 11.6 Å². The Morgan fingerprint density at radius 3 is 1.32 bits per heavy atom. The van der Waals surface area contributed by atoms with E-state index in [4.69, 9.17) is 9.97 Å². The summed E-state index contributed by atoms with van der Waals surface area (Å²) in [4.78, 5) is 19.3. The van der Waals surface area contributed by atoms with Crippen molar-refractivity contribution in [2.24, 2.45) is 0 Å². The third-order valence-electron chi connectivity index (χ3n) is 16.8. The fourth-order valence-corrected chi connectivity index (χ4v) is 11.9. The highest BCUT2D eigenvalue weighted by atomic mass is 15.3. The topological polar surface area (TPSA) is 35.5 Å². The maximum absolute atomic E-state index is 6.05. The zero-order chi connectivity index (χ0) is 52.7. The van der Waals surface area contributed by atoms with E-state index in [-0.39, 0.29) is 39.2 Å². The first kappa shape index (κ1) is 49.6. The second kappa shape index (κ2) is 16.9. The normalized spacial score (nSPS) is 15.9. The Bertz CT molecular complexity index is 3350. The number of rotatable bonds is 5. The highest BCUT2D eigenvalue weighted by Gasteiger charge is 2.47. The summed E-state index contributed by atoms with van der Waals surface area (Å²) >= 11 is 0. The average molecular weight is 974 g/mol. The van der Waals surface area contributed by atoms with Gasteiger partial charge >= 0.3 is 0 Å². The molecular formula is C68H76BN5. The van der Waals surface area contributed by atoms with Gasteiger partial charge in [-0.15, -0.1) is 0 Å². The molecule has 0 fully saturated rings. The van der Waals surface area contributed by atoms with Crippen LogP contribution in [-0.2, 0) is 32.5 Å². The number of fused-ring (bicyclic) bond motifs is 6. The third-order valence-corrected chi connectivity index (χ3v) is 16.8. The number of benzene rings is 7. The maximum atomic E-state index is 6.05. The smallest absolute Gasteiger partial charge is 0.256 e. The molecule has 5 nitrogen and oxygen atoms in total. The highest BCUT2D eigenvalue weighted by molar-refractivity contribution is 7.00. The molecular weight excluding hydrogens is 898 g/mol. The summed E-state index contributed by atoms with van der Waals surface area (Å²) in [6, 6.07) is 55.6. The van der Waals surface area contributed by atoms with E-state index in [1.807, 2.05) is 0 Å². The second-order valence-corrected chi connectivity index (χ2v) is 27.2. The van der Waals surface area contributed by atoms with Gasteiger partial charge in [0.05, 0.1) is 0 Å². The van der Waals surface area contributed by atoms with Gasteiger partial charge < -0.3 is 0 Å². The first-order valence-electron chi connectivity index (χ1n) is 27.2. The molecule has 1 aliphatic carbocycles. The quantitative estimate of drug-likeness (QED) is 0.161. The molecule has 11 rings (SSSR count). The van der Waals surface area contributed by atoms with Gasteiger partial charge in [-0.1, -0.05) is 196 Å². The van der Waals surface area contributed by atoms with Crippen molar-refractivity contribution in [3.8, 4) is 0 Å². The first-order chi connectivity index (χ1) is 34.7. The number of aromatic nitrogens is 2. The van der Waals surface area contributed by atoms with Crippen LogP contribution in [0.3, 0.4) is 0 Å². The molecule has 0 saturated carbocycles. The minimum Gasteiger partial charge on any atom is -0.296 e. The van der Waals surface area contributed by atoms with Gasteiger partial charge in [0, 0.05) is 39.6 Å². The molecule has 2 aliphatic heterocycles. The van der Waals surface area contributed by atoms with Crippen LogP contribution in [0.1, 0.15) is 157 Å². The zero-order valence-corrected chi connectivity index (χ0v) is 47.1. The second-order valence-electron chi connectivity index (χ2n) is 27.2. The summed E-state index contributed by atoms with van der Waals surface area (Å²) in [6.07, 6.45) is 2.27. The molecule has 376 valence electrons. The molecule has 0 N–H and O–H groups in total. The molecule has 0 atom stereocenters. The van der Waals surface area contributed by atoms with E-state index >= 15 is 0 Å². The molecule has 0 spiro atoms. The Hall–Kier alpha value is -6.66. The summed E-state index contributed by atoms with van der Waals surface area (Å²) in [5, 5.41) is 2.36. The fourth-order valence-electron chi connectivity index (χ4n) is 11.9. The lowest BCUT2D eigenvalue weighted by molar-refractivity contribution is 0.332. The van der Waals surface area contributed by atoms with Gasteiger partial charge in [0.25, 0.3) is 6.71 Å². The van der Waals surface area contributed by atoms with Crippen LogP contribution in [0.25, 0.3) is 10.8 Å². The minimum absolute atomic E-state index is 0.0108. The van der Waals surface area contributed by atoms with Crippen LogP contribution in [0, 0.1) is 0 Å². The van der Waals surface area contributed by atoms with Crippen molar-refractivity contribution >= 4 is 85.6 Å². The lowest BCUT2D eigenvalue weighted by atomic mass is 9.33. The van der Waals surface area contributed by atoms with Crippen molar-refractivity contribution in [1.29, 1.82) is 0 Å². The Balaban J connectivity index is 1.28. The molecule has 7 aromatic carbocycles. The van der Waals surface area contributed by atoms with E-state index in [0.717, 1.165) is 64.1 Å². The van der Waals surface area contributed by atoms with E-state index in [1.165, 1.54) is 55.1 Å². The Kier molecular flexibility index (Phi) is 11.3. The highest BCUT2D eigenvalue weighted by Crippen LogP contribution is 2.50. The summed E-state index contributed by atoms with van der Waals surface area (Å²) in [5.74, 6) is 2.41. The summed E-state index contributed by atoms with van der Waals surface area (Å²) < 4.78 is 0. The molecule has 74 heavy (non-hydrogen) atoms. The van der Waals surface area contributed by atoms with Crippen LogP contribution in [0.4, 0.5) is 51.7 Å². The standard InChI is InChI=1S/C68H76BN5/c1-63(2,3)45-22-29-49(30-23-45)73-57-35-26-47(65(7,8)9)40-55(57)69-56-41-48(66(10,11)12)27-36-58(56)74(50-31-24-46(25-32-50)64(4,5)6)61-59(69)60(73)70-62(71-61)72(51-28-21-43-19-17-18-20-44(43)39-51)52-33-34-53-54(42-52)68(15,16)38-37-67(53,13)14/h17-36,39-42H,37-38H2,1-16H3. The van der Waals surface area contributed by atoms with Crippen molar-refractivity contribution in [2.45, 2.75) is 156 Å². The van der Waals surface area contributed by atoms with Gasteiger partial charge in [0.2, 0.25) is 5.95 Å². The summed E-state index contributed by atoms with van der Waals surface area (Å²) in [5.41, 5.74) is 18.0. The van der Waals surface area contributed by atoms with Crippen LogP contribution in [0.2, 0.25) is 0 Å². The predicted octanol–water partition coefficient (Wildman–Crippen LogP) is 16.7. The molecule has 6 heteroatoms. The molecule has 1 aromatic heterocycles. The summed E-state index contributed by atoms with van der Waals surface area (Å²) in [7, 11) is 0. The number of hydrogen-bond donors (Lipinski definition) is 0. The van der Waals surface area contributed by atoms with E-state index < -0.39 is 0 Å². The van der Waals surface area contributed by atoms with Crippen LogP contribution in [0.5, 0.6) is 0 Å². The van der Waals surface area contributed by atoms with Gasteiger partial charge in [-0.3, -0.25) is 14.7 Å². The Morgan fingerprint density at radius 1 is 0.432 bits per heavy atom. The largest absolute Gasteiger partial charge is 0.296 e. The number of hydrogen-bond acceptors (Lipinski definition) is 5. The number of nitrogens with zero attached hydrogens (tertiary/aromatic N) is 5. The molecule has 0 saturated heterocycles. The molecule has 3 aliphatic rings. The van der Waals surface area contributed by atoms with Gasteiger partial charge in [-0.2, -0.15) is 9.97 Å². The van der Waals surface area contributed by atoms with Crippen LogP contribution < -0.4 is 31.1 Å². The van der Waals surface area contributed by atoms with E-state index in [9.17, 15) is 0 Å². The van der Waals surface area contributed by atoms with E-state index in [1.54, 1.807) is 0 Å². The fraction of sp³-hybridized carbons (Fsp3) is 0.353. The predicted molar refractivity (Wildman–Crippen MR) is 318 cm³/mol. The molecule has 0 bridgehead atoms. The SMILES string of the molecule is CC(C)(C)c1ccc(N2c3ccc(C(C)(C)C)cc3B3c4cc(C(C)(C)C)ccc4N(c4ccc(C(C)(C)C)cc4)c4nc(N(c5ccc6c(c5)C(C)(C)CCC6(C)C)c5ccc6ccccc6c5)nc2c43)cc1. The zero-order valence-electron chi connectivity index (χ0n) is 47.1. The Labute approximate surface area is 443 Å². The van der Waals surface area contributed by atoms with Crippen molar-refractivity contribution in [3.05, 3.63) is 179 Å². The van der Waals surface area contributed by atoms with Crippen LogP contribution in [0.15, 0.2) is 146 Å². The molecule has 0 unspecified atom stereocenters. The Morgan fingerprint density at radius 2 is 0.851 bits per heavy atom. The van der Waals surface area contributed by atoms with Crippen LogP contribution in [-0.4, -0.2) is 16.7 Å². The lowest BCUT2D eigenvalue weighted by Crippen LogP contribution is -2.62. The van der Waals surface area contributed by atoms with Crippen molar-refractivity contribution < 1.29 is 0 Å².